The lowest BCUT2D eigenvalue weighted by atomic mass is 10.6. The molecule has 0 aliphatic carbocycles. The average molecular weight is 351 g/mol. The second-order valence-electron chi connectivity index (χ2n) is 3.19. The zero-order valence-corrected chi connectivity index (χ0v) is 15.3. The molecule has 0 spiro atoms. The molecule has 0 bridgehead atoms. The Kier molecular flexibility index (Phi) is 8.86. The van der Waals surface area contributed by atoms with Gasteiger partial charge in [0.15, 0.2) is 2.74 Å². The van der Waals surface area contributed by atoms with Crippen LogP contribution in [0.1, 0.15) is 26.7 Å². The van der Waals surface area contributed by atoms with Crippen molar-refractivity contribution >= 4 is 84.1 Å². The Hall–Kier alpha value is 2.45. The second kappa shape index (κ2) is 8.59. The number of rotatable bonds is 6. The third-order valence-electron chi connectivity index (χ3n) is 1.90. The van der Waals surface area contributed by atoms with Crippen LogP contribution in [0.4, 0.5) is 0 Å². The van der Waals surface area contributed by atoms with Crippen LogP contribution in [0.5, 0.6) is 0 Å². The Balaban J connectivity index is 2.59. The molecule has 0 aromatic rings. The van der Waals surface area contributed by atoms with E-state index in [4.69, 9.17) is 0 Å². The molecule has 2 atom stereocenters. The third-order valence-corrected chi connectivity index (χ3v) is 11.9. The van der Waals surface area contributed by atoms with Gasteiger partial charge in [0.25, 0.3) is 0 Å². The van der Waals surface area contributed by atoms with Crippen molar-refractivity contribution in [3.05, 3.63) is 0 Å². The molecule has 2 unspecified atom stereocenters. The molecule has 0 nitrogen and oxygen atoms in total. The van der Waals surface area contributed by atoms with Gasteiger partial charge in [-0.1, -0.05) is 13.8 Å². The fourth-order valence-corrected chi connectivity index (χ4v) is 13.2. The minimum Gasteiger partial charge on any atom is -0.165 e. The molecule has 1 aliphatic heterocycles. The Bertz CT molecular complexity index is 178. The van der Waals surface area contributed by atoms with Gasteiger partial charge in [-0.05, 0) is 12.8 Å². The molecular weight excluding hydrogens is 333 g/mol. The van der Waals surface area contributed by atoms with Crippen LogP contribution in [-0.2, 0) is 0 Å². The summed E-state index contributed by atoms with van der Waals surface area (Å²) in [6, 6.07) is 0. The number of thioether (sulfide) groups is 5. The van der Waals surface area contributed by atoms with Crippen molar-refractivity contribution in [3.8, 4) is 0 Å². The van der Waals surface area contributed by atoms with E-state index in [0.717, 1.165) is 12.8 Å². The maximum absolute atomic E-state index is 4.64. The Morgan fingerprint density at radius 1 is 1.06 bits per heavy atom. The minimum absolute atomic E-state index is 0.218. The van der Waals surface area contributed by atoms with E-state index in [1.165, 1.54) is 10.2 Å². The van der Waals surface area contributed by atoms with Crippen molar-refractivity contribution in [1.29, 1.82) is 0 Å². The molecule has 1 aliphatic rings. The van der Waals surface area contributed by atoms with Crippen molar-refractivity contribution in [1.82, 2.24) is 0 Å². The largest absolute Gasteiger partial charge is 0.165 e. The number of hydrogen-bond acceptors (Lipinski definition) is 7. The first kappa shape index (κ1) is 16.5. The van der Waals surface area contributed by atoms with Crippen LogP contribution in [0, 0.1) is 0 Å². The average Bonchev–Trinajstić information content (AvgIpc) is 2.29. The molecule has 0 aromatic carbocycles. The van der Waals surface area contributed by atoms with Gasteiger partial charge in [0, 0.05) is 19.3 Å². The summed E-state index contributed by atoms with van der Waals surface area (Å²) >= 11 is 19.4. The Morgan fingerprint density at radius 3 is 1.88 bits per heavy atom. The highest BCUT2D eigenvalue weighted by Crippen LogP contribution is 2.62. The van der Waals surface area contributed by atoms with E-state index < -0.39 is 0 Å². The molecule has 0 amide bonds. The SMILES string of the molecule is CCC(S)SC1(SC(S)CC)SCSCS1. The van der Waals surface area contributed by atoms with Crippen molar-refractivity contribution in [2.45, 2.75) is 38.6 Å². The first-order chi connectivity index (χ1) is 7.62. The maximum atomic E-state index is 4.64. The summed E-state index contributed by atoms with van der Waals surface area (Å²) in [6.07, 6.45) is 2.24. The summed E-state index contributed by atoms with van der Waals surface area (Å²) in [5, 5.41) is 2.39. The summed E-state index contributed by atoms with van der Waals surface area (Å²) in [5.74, 6) is 0. The molecular formula is C9H18S7. The predicted octanol–water partition coefficient (Wildman–Crippen LogP) is 5.52. The number of hydrogen-bond donors (Lipinski definition) is 2. The lowest BCUT2D eigenvalue weighted by Crippen LogP contribution is -2.20. The standard InChI is InChI=1S/C9H18S7/c1-3-7(10)15-9(16-8(11)4-2)13-5-12-6-14-9/h7-8,10-11H,3-6H2,1-2H3. The van der Waals surface area contributed by atoms with Gasteiger partial charge in [0.05, 0.1) is 0 Å². The quantitative estimate of drug-likeness (QED) is 0.476. The van der Waals surface area contributed by atoms with E-state index in [1.54, 1.807) is 0 Å². The van der Waals surface area contributed by atoms with Gasteiger partial charge in [-0.3, -0.25) is 0 Å². The molecule has 0 aromatic heterocycles. The molecule has 1 rings (SSSR count). The molecule has 96 valence electrons. The minimum atomic E-state index is 0.218. The van der Waals surface area contributed by atoms with Crippen molar-refractivity contribution < 1.29 is 0 Å². The zero-order chi connectivity index (χ0) is 12.0. The van der Waals surface area contributed by atoms with Crippen molar-refractivity contribution in [3.63, 3.8) is 0 Å². The van der Waals surface area contributed by atoms with Crippen molar-refractivity contribution in [2.24, 2.45) is 0 Å². The van der Waals surface area contributed by atoms with Crippen LogP contribution >= 0.6 is 84.1 Å². The first-order valence-corrected chi connectivity index (χ1v) is 11.1. The van der Waals surface area contributed by atoms with Gasteiger partial charge in [0.2, 0.25) is 0 Å². The first-order valence-electron chi connectivity index (χ1n) is 5.19. The Labute approximate surface area is 132 Å². The van der Waals surface area contributed by atoms with Gasteiger partial charge >= 0.3 is 0 Å². The number of thiol groups is 2. The summed E-state index contributed by atoms with van der Waals surface area (Å²) in [4.78, 5) is 0. The van der Waals surface area contributed by atoms with Crippen LogP contribution < -0.4 is 0 Å². The smallest absolute Gasteiger partial charge is 0.157 e. The van der Waals surface area contributed by atoms with E-state index in [1.807, 2.05) is 35.3 Å². The topological polar surface area (TPSA) is 0 Å². The maximum Gasteiger partial charge on any atom is 0.157 e. The molecule has 0 saturated carbocycles. The molecule has 0 N–H and O–H groups in total. The van der Waals surface area contributed by atoms with E-state index in [2.05, 4.69) is 62.6 Å². The summed E-state index contributed by atoms with van der Waals surface area (Å²) in [7, 11) is 0. The molecule has 16 heavy (non-hydrogen) atoms. The fraction of sp³-hybridized carbons (Fsp3) is 1.00. The predicted molar refractivity (Wildman–Crippen MR) is 96.6 cm³/mol. The lowest BCUT2D eigenvalue weighted by Gasteiger charge is -2.37. The summed E-state index contributed by atoms with van der Waals surface area (Å²) in [5.41, 5.74) is 0. The van der Waals surface area contributed by atoms with Gasteiger partial charge in [-0.15, -0.1) is 58.8 Å². The van der Waals surface area contributed by atoms with Gasteiger partial charge in [0.1, 0.15) is 0 Å². The van der Waals surface area contributed by atoms with E-state index in [0.29, 0.717) is 9.16 Å². The second-order valence-corrected chi connectivity index (χ2v) is 13.6. The van der Waals surface area contributed by atoms with Crippen LogP contribution in [0.3, 0.4) is 0 Å². The van der Waals surface area contributed by atoms with E-state index in [9.17, 15) is 0 Å². The van der Waals surface area contributed by atoms with Crippen LogP contribution in [-0.4, -0.2) is 22.1 Å². The molecule has 1 saturated heterocycles. The third kappa shape index (κ3) is 5.61. The highest BCUT2D eigenvalue weighted by atomic mass is 32.3. The zero-order valence-electron chi connectivity index (χ0n) is 9.42. The summed E-state index contributed by atoms with van der Waals surface area (Å²) < 4.78 is 1.09. The highest BCUT2D eigenvalue weighted by molar-refractivity contribution is 8.54. The van der Waals surface area contributed by atoms with Crippen LogP contribution in [0.2, 0.25) is 0 Å². The molecule has 0 radical (unpaired) electrons. The molecule has 1 fully saturated rings. The monoisotopic (exact) mass is 350 g/mol. The molecule has 1 heterocycles. The van der Waals surface area contributed by atoms with Gasteiger partial charge in [-0.25, -0.2) is 0 Å². The lowest BCUT2D eigenvalue weighted by molar-refractivity contribution is 1.06. The van der Waals surface area contributed by atoms with Gasteiger partial charge in [-0.2, -0.15) is 25.3 Å². The van der Waals surface area contributed by atoms with Gasteiger partial charge < -0.3 is 0 Å². The summed E-state index contributed by atoms with van der Waals surface area (Å²) in [6.45, 7) is 4.40. The normalized spacial score (nSPS) is 24.0. The molecule has 7 heteroatoms. The fourth-order valence-electron chi connectivity index (χ4n) is 0.967. The Morgan fingerprint density at radius 2 is 1.50 bits per heavy atom. The van der Waals surface area contributed by atoms with E-state index in [-0.39, 0.29) is 2.74 Å². The van der Waals surface area contributed by atoms with E-state index >= 15 is 0 Å². The van der Waals surface area contributed by atoms with Crippen molar-refractivity contribution in [2.75, 3.05) is 10.2 Å². The highest BCUT2D eigenvalue weighted by Gasteiger charge is 2.38. The van der Waals surface area contributed by atoms with Crippen LogP contribution in [0.15, 0.2) is 0 Å². The van der Waals surface area contributed by atoms with Crippen LogP contribution in [0.25, 0.3) is 0 Å².